The normalized spacial score (nSPS) is 10.1. The summed E-state index contributed by atoms with van der Waals surface area (Å²) in [6.45, 7) is 4.25. The first-order valence-electron chi connectivity index (χ1n) is 3.89. The van der Waals surface area contributed by atoms with Crippen LogP contribution in [0.25, 0.3) is 0 Å². The van der Waals surface area contributed by atoms with Gasteiger partial charge < -0.3 is 0 Å². The van der Waals surface area contributed by atoms with Gasteiger partial charge in [-0.15, -0.1) is 0 Å². The first kappa shape index (κ1) is 12.1. The number of rotatable bonds is 1. The van der Waals surface area contributed by atoms with Crippen molar-refractivity contribution in [2.45, 2.75) is 25.2 Å². The summed E-state index contributed by atoms with van der Waals surface area (Å²) in [5, 5.41) is 0. The highest BCUT2D eigenvalue weighted by atomic mass is 32.2. The summed E-state index contributed by atoms with van der Waals surface area (Å²) in [5.74, 6) is 0. The maximum Gasteiger partial charge on any atom is 0.294 e. The number of hydrogen-bond acceptors (Lipinski definition) is 3. The second kappa shape index (κ2) is 5.66. The lowest BCUT2D eigenvalue weighted by atomic mass is 10.5. The predicted octanol–water partition coefficient (Wildman–Crippen LogP) is 1.74. The van der Waals surface area contributed by atoms with Crippen LogP contribution in [0.3, 0.4) is 0 Å². The number of pyridine rings is 1. The van der Waals surface area contributed by atoms with Gasteiger partial charge in [0.2, 0.25) is 0 Å². The Morgan fingerprint density at radius 1 is 1.31 bits per heavy atom. The van der Waals surface area contributed by atoms with Crippen LogP contribution in [-0.4, -0.2) is 18.0 Å². The lowest BCUT2D eigenvalue weighted by Crippen LogP contribution is -1.96. The second-order valence-electron chi connectivity index (χ2n) is 2.37. The maximum atomic E-state index is 10.4. The Hall–Kier alpha value is -0.940. The van der Waals surface area contributed by atoms with Crippen molar-refractivity contribution in [3.8, 4) is 0 Å². The van der Waals surface area contributed by atoms with Crippen LogP contribution in [0, 0.1) is 0 Å². The minimum Gasteiger partial charge on any atom is -0.282 e. The zero-order chi connectivity index (χ0) is 10.3. The van der Waals surface area contributed by atoms with Gasteiger partial charge in [-0.25, -0.2) is 0 Å². The van der Waals surface area contributed by atoms with Crippen molar-refractivity contribution in [2.24, 2.45) is 0 Å². The Balaban J connectivity index is 0.000000424. The summed E-state index contributed by atoms with van der Waals surface area (Å²) in [6.07, 6.45) is 3.84. The van der Waals surface area contributed by atoms with E-state index in [2.05, 4.69) is 18.8 Å². The van der Waals surface area contributed by atoms with Gasteiger partial charge in [-0.3, -0.25) is 9.54 Å². The first-order valence-corrected chi connectivity index (χ1v) is 5.33. The molecule has 1 heterocycles. The first-order chi connectivity index (χ1) is 6.02. The van der Waals surface area contributed by atoms with Crippen LogP contribution in [0.5, 0.6) is 0 Å². The van der Waals surface area contributed by atoms with Crippen LogP contribution in [0.4, 0.5) is 0 Å². The predicted molar refractivity (Wildman–Crippen MR) is 50.0 cm³/mol. The van der Waals surface area contributed by atoms with Crippen LogP contribution in [0.2, 0.25) is 0 Å². The fourth-order valence-corrected chi connectivity index (χ4v) is 0.976. The van der Waals surface area contributed by atoms with E-state index in [0.717, 1.165) is 0 Å². The molecule has 0 saturated carbocycles. The molecule has 0 aliphatic carbocycles. The third-order valence-electron chi connectivity index (χ3n) is 0.948. The Kier molecular flexibility index (Phi) is 5.25. The molecule has 0 bridgehead atoms. The summed E-state index contributed by atoms with van der Waals surface area (Å²) in [4.78, 5) is 3.45. The standard InChI is InChI=1S/C5H5NO3S.C3H8/c7-10(8,9)5-1-3-6-4-2-5;1-3-2/h1-4H,(H,7,8,9);3H2,1-2H3. The highest BCUT2D eigenvalue weighted by molar-refractivity contribution is 7.85. The Morgan fingerprint density at radius 2 is 1.69 bits per heavy atom. The minimum absolute atomic E-state index is 0.137. The van der Waals surface area contributed by atoms with Gasteiger partial charge in [0.25, 0.3) is 10.1 Å². The molecule has 0 fully saturated rings. The lowest BCUT2D eigenvalue weighted by Gasteiger charge is -1.91. The molecular weight excluding hydrogens is 190 g/mol. The van der Waals surface area contributed by atoms with Crippen molar-refractivity contribution >= 4 is 10.1 Å². The van der Waals surface area contributed by atoms with Crippen molar-refractivity contribution in [3.63, 3.8) is 0 Å². The third-order valence-corrected chi connectivity index (χ3v) is 1.82. The number of nitrogens with zero attached hydrogens (tertiary/aromatic N) is 1. The second-order valence-corrected chi connectivity index (χ2v) is 3.79. The average molecular weight is 203 g/mol. The largest absolute Gasteiger partial charge is 0.294 e. The van der Waals surface area contributed by atoms with Crippen molar-refractivity contribution in [3.05, 3.63) is 24.5 Å². The highest BCUT2D eigenvalue weighted by Crippen LogP contribution is 2.03. The van der Waals surface area contributed by atoms with E-state index in [-0.39, 0.29) is 4.90 Å². The molecule has 1 rings (SSSR count). The third kappa shape index (κ3) is 5.32. The van der Waals surface area contributed by atoms with E-state index < -0.39 is 10.1 Å². The summed E-state index contributed by atoms with van der Waals surface area (Å²) in [7, 11) is -4.04. The van der Waals surface area contributed by atoms with Crippen molar-refractivity contribution < 1.29 is 13.0 Å². The minimum atomic E-state index is -4.04. The van der Waals surface area contributed by atoms with Gasteiger partial charge in [0, 0.05) is 12.4 Å². The summed E-state index contributed by atoms with van der Waals surface area (Å²) >= 11 is 0. The van der Waals surface area contributed by atoms with E-state index in [4.69, 9.17) is 4.55 Å². The number of hydrogen-bond donors (Lipinski definition) is 1. The van der Waals surface area contributed by atoms with E-state index in [1.807, 2.05) is 0 Å². The molecule has 0 saturated heterocycles. The van der Waals surface area contributed by atoms with Crippen molar-refractivity contribution in [2.75, 3.05) is 0 Å². The van der Waals surface area contributed by atoms with Crippen molar-refractivity contribution in [1.82, 2.24) is 4.98 Å². The Morgan fingerprint density at radius 3 is 1.92 bits per heavy atom. The molecule has 0 aliphatic heterocycles. The van der Waals surface area contributed by atoms with Crippen molar-refractivity contribution in [1.29, 1.82) is 0 Å². The van der Waals surface area contributed by atoms with E-state index in [9.17, 15) is 8.42 Å². The highest BCUT2D eigenvalue weighted by Gasteiger charge is 2.06. The molecule has 74 valence electrons. The zero-order valence-corrected chi connectivity index (χ0v) is 8.45. The fraction of sp³-hybridized carbons (Fsp3) is 0.375. The van der Waals surface area contributed by atoms with E-state index >= 15 is 0 Å². The molecule has 1 N–H and O–H groups in total. The van der Waals surface area contributed by atoms with E-state index in [0.29, 0.717) is 0 Å². The van der Waals surface area contributed by atoms with Gasteiger partial charge in [-0.05, 0) is 12.1 Å². The van der Waals surface area contributed by atoms with Gasteiger partial charge in [0.05, 0.1) is 4.90 Å². The molecule has 0 unspecified atom stereocenters. The quantitative estimate of drug-likeness (QED) is 0.706. The van der Waals surface area contributed by atoms with E-state index in [1.54, 1.807) is 0 Å². The van der Waals surface area contributed by atoms with Gasteiger partial charge in [-0.2, -0.15) is 8.42 Å². The SMILES string of the molecule is CCC.O=S(=O)(O)c1ccncc1. The molecule has 0 radical (unpaired) electrons. The van der Waals surface area contributed by atoms with Crippen LogP contribution >= 0.6 is 0 Å². The van der Waals surface area contributed by atoms with Gasteiger partial charge in [0.1, 0.15) is 0 Å². The molecular formula is C8H13NO3S. The smallest absolute Gasteiger partial charge is 0.282 e. The summed E-state index contributed by atoms with van der Waals surface area (Å²) in [5.41, 5.74) is 0. The Bertz CT molecular complexity index is 321. The summed E-state index contributed by atoms with van der Waals surface area (Å²) < 4.78 is 29.2. The molecule has 0 atom stereocenters. The van der Waals surface area contributed by atoms with Crippen LogP contribution in [-0.2, 0) is 10.1 Å². The zero-order valence-electron chi connectivity index (χ0n) is 7.64. The molecule has 0 amide bonds. The molecule has 0 spiro atoms. The van der Waals surface area contributed by atoms with E-state index in [1.165, 1.54) is 30.9 Å². The summed E-state index contributed by atoms with van der Waals surface area (Å²) in [6, 6.07) is 2.44. The van der Waals surface area contributed by atoms with Crippen LogP contribution in [0.15, 0.2) is 29.4 Å². The Labute approximate surface area is 78.4 Å². The molecule has 1 aromatic rings. The number of aromatic nitrogens is 1. The van der Waals surface area contributed by atoms with Gasteiger partial charge in [-0.1, -0.05) is 20.3 Å². The van der Waals surface area contributed by atoms with Crippen LogP contribution < -0.4 is 0 Å². The lowest BCUT2D eigenvalue weighted by molar-refractivity contribution is 0.483. The molecule has 13 heavy (non-hydrogen) atoms. The maximum absolute atomic E-state index is 10.4. The molecule has 5 heteroatoms. The van der Waals surface area contributed by atoms with Gasteiger partial charge >= 0.3 is 0 Å². The molecule has 0 aromatic carbocycles. The average Bonchev–Trinajstić information content (AvgIpc) is 2.06. The molecule has 0 aliphatic rings. The topological polar surface area (TPSA) is 67.3 Å². The fourth-order valence-electron chi connectivity index (χ4n) is 0.510. The van der Waals surface area contributed by atoms with Gasteiger partial charge in [0.15, 0.2) is 0 Å². The van der Waals surface area contributed by atoms with Crippen LogP contribution in [0.1, 0.15) is 20.3 Å². The molecule has 4 nitrogen and oxygen atoms in total. The molecule has 1 aromatic heterocycles. The monoisotopic (exact) mass is 203 g/mol.